The number of nitrogens with zero attached hydrogens (tertiary/aromatic N) is 1. The molecule has 0 fully saturated rings. The zero-order valence-electron chi connectivity index (χ0n) is 19.4. The van der Waals surface area contributed by atoms with Crippen molar-refractivity contribution >= 4 is 37.9 Å². The number of amides is 2. The van der Waals surface area contributed by atoms with Crippen molar-refractivity contribution in [2.24, 2.45) is 0 Å². The fourth-order valence-corrected chi connectivity index (χ4v) is 3.46. The number of anilines is 1. The number of rotatable bonds is 6. The molecule has 0 bridgehead atoms. The number of hydrogen-bond donors (Lipinski definition) is 2. The van der Waals surface area contributed by atoms with E-state index < -0.39 is 37.8 Å². The van der Waals surface area contributed by atoms with Gasteiger partial charge >= 0.3 is 12.2 Å². The van der Waals surface area contributed by atoms with Crippen LogP contribution in [0.1, 0.15) is 26.3 Å². The lowest BCUT2D eigenvalue weighted by Gasteiger charge is -2.26. The Kier molecular flexibility index (Phi) is 9.88. The molecule has 0 saturated carbocycles. The fourth-order valence-electron chi connectivity index (χ4n) is 2.33. The molecule has 2 rings (SSSR count). The van der Waals surface area contributed by atoms with Gasteiger partial charge in [0, 0.05) is 6.07 Å². The number of sulfonamides is 2. The molecule has 2 aromatic carbocycles. The standard InChI is InChI=1S/C19H23NO5S.C2H5NO4S/c1-19(2,3)25-18(21)20(26(4,22)23)16-11-8-12-17(13-16)24-14-15-9-6-5-7-10-15;1-8(6,7)3-2(4)5/h5-13H,14H2,1-4H3;3H,1H3,(H,4,5). The fraction of sp³-hybridized carbons (Fsp3) is 0.333. The molecule has 0 aromatic heterocycles. The number of carbonyl (C=O) groups is 2. The number of ether oxygens (including phenoxy) is 2. The molecule has 11 nitrogen and oxygen atoms in total. The van der Waals surface area contributed by atoms with Gasteiger partial charge in [-0.3, -0.25) is 0 Å². The van der Waals surface area contributed by atoms with Crippen LogP contribution >= 0.6 is 0 Å². The highest BCUT2D eigenvalue weighted by molar-refractivity contribution is 7.92. The van der Waals surface area contributed by atoms with E-state index in [2.05, 4.69) is 0 Å². The van der Waals surface area contributed by atoms with Gasteiger partial charge in [-0.05, 0) is 38.5 Å². The zero-order chi connectivity index (χ0) is 26.2. The average molecular weight is 517 g/mol. The summed E-state index contributed by atoms with van der Waals surface area (Å²) in [6, 6.07) is 15.9. The first kappa shape index (κ1) is 28.7. The number of benzene rings is 2. The Morgan fingerprint density at radius 2 is 1.56 bits per heavy atom. The summed E-state index contributed by atoms with van der Waals surface area (Å²) in [7, 11) is -7.44. The monoisotopic (exact) mass is 516 g/mol. The molecule has 0 atom stereocenters. The number of carbonyl (C=O) groups excluding carboxylic acids is 1. The van der Waals surface area contributed by atoms with Crippen LogP contribution < -0.4 is 13.8 Å². The maximum Gasteiger partial charge on any atom is 0.428 e. The molecule has 0 aliphatic carbocycles. The van der Waals surface area contributed by atoms with Crippen molar-refractivity contribution in [3.8, 4) is 5.75 Å². The summed E-state index contributed by atoms with van der Waals surface area (Å²) >= 11 is 0. The van der Waals surface area contributed by atoms with Gasteiger partial charge < -0.3 is 14.6 Å². The summed E-state index contributed by atoms with van der Waals surface area (Å²) in [6.07, 6.45) is -0.803. The van der Waals surface area contributed by atoms with Crippen LogP contribution in [0.2, 0.25) is 0 Å². The molecule has 0 saturated heterocycles. The minimum atomic E-state index is -3.87. The largest absolute Gasteiger partial charge is 0.489 e. The minimum Gasteiger partial charge on any atom is -0.489 e. The van der Waals surface area contributed by atoms with E-state index in [1.165, 1.54) is 16.9 Å². The van der Waals surface area contributed by atoms with Crippen molar-refractivity contribution in [2.45, 2.75) is 33.0 Å². The smallest absolute Gasteiger partial charge is 0.428 e. The summed E-state index contributed by atoms with van der Waals surface area (Å²) in [6.45, 7) is 5.34. The molecule has 0 unspecified atom stereocenters. The van der Waals surface area contributed by atoms with Crippen molar-refractivity contribution in [3.05, 3.63) is 60.2 Å². The third kappa shape index (κ3) is 11.5. The van der Waals surface area contributed by atoms with Gasteiger partial charge in [0.05, 0.1) is 18.2 Å². The predicted molar refractivity (Wildman–Crippen MR) is 127 cm³/mol. The molecule has 2 aromatic rings. The van der Waals surface area contributed by atoms with E-state index in [4.69, 9.17) is 14.6 Å². The highest BCUT2D eigenvalue weighted by atomic mass is 32.2. The van der Waals surface area contributed by atoms with E-state index in [9.17, 15) is 26.4 Å². The number of hydrogen-bond acceptors (Lipinski definition) is 8. The van der Waals surface area contributed by atoms with Gasteiger partial charge in [-0.25, -0.2) is 31.1 Å². The minimum absolute atomic E-state index is 0.160. The topological polar surface area (TPSA) is 156 Å². The maximum atomic E-state index is 12.4. The van der Waals surface area contributed by atoms with Crippen LogP contribution in [0.3, 0.4) is 0 Å². The molecule has 0 aliphatic rings. The summed E-state index contributed by atoms with van der Waals surface area (Å²) < 4.78 is 57.0. The van der Waals surface area contributed by atoms with Gasteiger partial charge in [-0.1, -0.05) is 36.4 Å². The van der Waals surface area contributed by atoms with Crippen LogP contribution in [0.5, 0.6) is 5.75 Å². The molecule has 2 amide bonds. The molecule has 188 valence electrons. The summed E-state index contributed by atoms with van der Waals surface area (Å²) in [5.74, 6) is 0.448. The van der Waals surface area contributed by atoms with Crippen molar-refractivity contribution < 1.29 is 41.0 Å². The lowest BCUT2D eigenvalue weighted by atomic mass is 10.2. The van der Waals surface area contributed by atoms with Gasteiger partial charge in [-0.15, -0.1) is 0 Å². The van der Waals surface area contributed by atoms with Crippen LogP contribution in [-0.4, -0.2) is 52.2 Å². The average Bonchev–Trinajstić information content (AvgIpc) is 2.63. The Labute approximate surface area is 199 Å². The van der Waals surface area contributed by atoms with Crippen LogP contribution in [0.4, 0.5) is 15.3 Å². The maximum absolute atomic E-state index is 12.4. The van der Waals surface area contributed by atoms with E-state index in [-0.39, 0.29) is 5.69 Å². The highest BCUT2D eigenvalue weighted by Crippen LogP contribution is 2.26. The molecule has 2 N–H and O–H groups in total. The van der Waals surface area contributed by atoms with E-state index >= 15 is 0 Å². The first-order valence-corrected chi connectivity index (χ1v) is 13.4. The van der Waals surface area contributed by atoms with Gasteiger partial charge in [-0.2, -0.15) is 4.31 Å². The van der Waals surface area contributed by atoms with E-state index in [0.717, 1.165) is 18.1 Å². The normalized spacial score (nSPS) is 11.4. The van der Waals surface area contributed by atoms with Gasteiger partial charge in [0.2, 0.25) is 20.0 Å². The van der Waals surface area contributed by atoms with Gasteiger partial charge in [0.25, 0.3) is 0 Å². The predicted octanol–water partition coefficient (Wildman–Crippen LogP) is 3.18. The third-order valence-corrected chi connectivity index (χ3v) is 5.03. The zero-order valence-corrected chi connectivity index (χ0v) is 21.0. The van der Waals surface area contributed by atoms with Crippen LogP contribution in [-0.2, 0) is 31.4 Å². The third-order valence-electron chi connectivity index (χ3n) is 3.46. The van der Waals surface area contributed by atoms with Crippen molar-refractivity contribution in [3.63, 3.8) is 0 Å². The van der Waals surface area contributed by atoms with Crippen molar-refractivity contribution in [2.75, 3.05) is 16.8 Å². The molecule has 13 heteroatoms. The molecule has 0 heterocycles. The summed E-state index contributed by atoms with van der Waals surface area (Å²) in [5, 5.41) is 7.76. The van der Waals surface area contributed by atoms with Crippen molar-refractivity contribution in [1.82, 2.24) is 4.72 Å². The van der Waals surface area contributed by atoms with E-state index in [1.54, 1.807) is 32.9 Å². The molecule has 0 aliphatic heterocycles. The summed E-state index contributed by atoms with van der Waals surface area (Å²) in [5.41, 5.74) is 0.318. The second-order valence-electron chi connectivity index (χ2n) is 7.96. The lowest BCUT2D eigenvalue weighted by Crippen LogP contribution is -2.40. The molecule has 0 radical (unpaired) electrons. The Hall–Kier alpha value is -3.32. The van der Waals surface area contributed by atoms with Crippen molar-refractivity contribution in [1.29, 1.82) is 0 Å². The van der Waals surface area contributed by atoms with Gasteiger partial charge in [0.15, 0.2) is 0 Å². The SMILES string of the molecule is CC(C)(C)OC(=O)N(c1cccc(OCc2ccccc2)c1)S(C)(=O)=O.CS(=O)(=O)NC(=O)O. The van der Waals surface area contributed by atoms with Crippen LogP contribution in [0, 0.1) is 0 Å². The molecular formula is C21H28N2O9S2. The van der Waals surface area contributed by atoms with E-state index in [0.29, 0.717) is 16.7 Å². The molecule has 0 spiro atoms. The second kappa shape index (κ2) is 11.7. The molecular weight excluding hydrogens is 488 g/mol. The Bertz CT molecular complexity index is 1190. The van der Waals surface area contributed by atoms with Gasteiger partial charge in [0.1, 0.15) is 18.0 Å². The Morgan fingerprint density at radius 1 is 0.971 bits per heavy atom. The quantitative estimate of drug-likeness (QED) is 0.588. The molecule has 34 heavy (non-hydrogen) atoms. The highest BCUT2D eigenvalue weighted by Gasteiger charge is 2.30. The first-order valence-electron chi connectivity index (χ1n) is 9.69. The second-order valence-corrected chi connectivity index (χ2v) is 11.5. The Morgan fingerprint density at radius 3 is 2.00 bits per heavy atom. The number of carboxylic acid groups (broad SMARTS) is 1. The lowest BCUT2D eigenvalue weighted by molar-refractivity contribution is 0.0609. The van der Waals surface area contributed by atoms with Crippen LogP contribution in [0.25, 0.3) is 0 Å². The van der Waals surface area contributed by atoms with Crippen LogP contribution in [0.15, 0.2) is 54.6 Å². The van der Waals surface area contributed by atoms with E-state index in [1.807, 2.05) is 30.3 Å². The summed E-state index contributed by atoms with van der Waals surface area (Å²) in [4.78, 5) is 21.9. The Balaban J connectivity index is 0.000000620. The number of nitrogens with one attached hydrogen (secondary N) is 1. The first-order chi connectivity index (χ1) is 15.5.